The molecule has 0 amide bonds. The third-order valence-electron chi connectivity index (χ3n) is 2.74. The van der Waals surface area contributed by atoms with Crippen molar-refractivity contribution in [3.8, 4) is 16.9 Å². The van der Waals surface area contributed by atoms with Crippen molar-refractivity contribution < 1.29 is 14.3 Å². The largest absolute Gasteiger partial charge is 0.513 e. The van der Waals surface area contributed by atoms with Crippen molar-refractivity contribution in [3.05, 3.63) is 54.1 Å². The van der Waals surface area contributed by atoms with Gasteiger partial charge in [-0.1, -0.05) is 36.4 Å². The van der Waals surface area contributed by atoms with E-state index >= 15 is 0 Å². The van der Waals surface area contributed by atoms with Gasteiger partial charge in [0.1, 0.15) is 5.75 Å². The molecular weight excluding hydrogens is 240 g/mol. The monoisotopic (exact) mass is 256 g/mol. The smallest absolute Gasteiger partial charge is 0.434 e. The Morgan fingerprint density at radius 1 is 1.05 bits per heavy atom. The van der Waals surface area contributed by atoms with E-state index in [4.69, 9.17) is 9.47 Å². The lowest BCUT2D eigenvalue weighted by Gasteiger charge is -2.09. The van der Waals surface area contributed by atoms with Crippen LogP contribution in [0, 0.1) is 6.92 Å². The number of carbonyl (C=O) groups excluding carboxylic acids is 1. The van der Waals surface area contributed by atoms with Crippen molar-refractivity contribution in [1.82, 2.24) is 0 Å². The van der Waals surface area contributed by atoms with Crippen LogP contribution in [0.15, 0.2) is 48.5 Å². The molecule has 0 fully saturated rings. The van der Waals surface area contributed by atoms with Gasteiger partial charge in [0.05, 0.1) is 6.61 Å². The van der Waals surface area contributed by atoms with Crippen LogP contribution >= 0.6 is 0 Å². The first-order valence-electron chi connectivity index (χ1n) is 6.21. The maximum absolute atomic E-state index is 11.3. The third-order valence-corrected chi connectivity index (χ3v) is 2.74. The lowest BCUT2D eigenvalue weighted by molar-refractivity contribution is 0.104. The van der Waals surface area contributed by atoms with Gasteiger partial charge in [0.25, 0.3) is 0 Å². The van der Waals surface area contributed by atoms with Gasteiger partial charge in [-0.2, -0.15) is 0 Å². The molecule has 3 heteroatoms. The quantitative estimate of drug-likeness (QED) is 0.610. The third kappa shape index (κ3) is 3.35. The molecule has 0 spiro atoms. The molecule has 0 aliphatic heterocycles. The summed E-state index contributed by atoms with van der Waals surface area (Å²) in [4.78, 5) is 11.3. The number of aryl methyl sites for hydroxylation is 1. The van der Waals surface area contributed by atoms with Gasteiger partial charge in [-0.3, -0.25) is 0 Å². The van der Waals surface area contributed by atoms with E-state index in [2.05, 4.69) is 0 Å². The second-order valence-corrected chi connectivity index (χ2v) is 4.13. The normalized spacial score (nSPS) is 10.0. The van der Waals surface area contributed by atoms with E-state index in [1.165, 1.54) is 0 Å². The number of hydrogen-bond donors (Lipinski definition) is 0. The number of rotatable bonds is 3. The van der Waals surface area contributed by atoms with E-state index in [9.17, 15) is 4.79 Å². The molecule has 0 bridgehead atoms. The summed E-state index contributed by atoms with van der Waals surface area (Å²) in [5, 5.41) is 0. The first-order chi connectivity index (χ1) is 9.20. The van der Waals surface area contributed by atoms with Gasteiger partial charge in [-0.25, -0.2) is 4.79 Å². The van der Waals surface area contributed by atoms with Crippen LogP contribution in [-0.4, -0.2) is 12.8 Å². The fraction of sp³-hybridized carbons (Fsp3) is 0.188. The zero-order valence-electron chi connectivity index (χ0n) is 11.1. The van der Waals surface area contributed by atoms with Gasteiger partial charge in [0, 0.05) is 0 Å². The van der Waals surface area contributed by atoms with Crippen LogP contribution in [-0.2, 0) is 4.74 Å². The summed E-state index contributed by atoms with van der Waals surface area (Å²) in [5.74, 6) is 0.526. The second kappa shape index (κ2) is 6.05. The Balaban J connectivity index is 2.20. The van der Waals surface area contributed by atoms with Crippen LogP contribution in [0.3, 0.4) is 0 Å². The molecule has 98 valence electrons. The zero-order chi connectivity index (χ0) is 13.7. The van der Waals surface area contributed by atoms with Crippen LogP contribution < -0.4 is 4.74 Å². The average molecular weight is 256 g/mol. The predicted octanol–water partition coefficient (Wildman–Crippen LogP) is 4.20. The molecule has 0 atom stereocenters. The minimum absolute atomic E-state index is 0.306. The molecule has 0 N–H and O–H groups in total. The number of hydrogen-bond acceptors (Lipinski definition) is 3. The summed E-state index contributed by atoms with van der Waals surface area (Å²) < 4.78 is 9.87. The van der Waals surface area contributed by atoms with Crippen LogP contribution in [0.5, 0.6) is 5.75 Å². The molecule has 2 rings (SSSR count). The molecule has 3 nitrogen and oxygen atoms in total. The molecule has 0 saturated heterocycles. The second-order valence-electron chi connectivity index (χ2n) is 4.13. The van der Waals surface area contributed by atoms with Crippen molar-refractivity contribution in [3.63, 3.8) is 0 Å². The minimum atomic E-state index is -0.668. The van der Waals surface area contributed by atoms with Gasteiger partial charge in [0.15, 0.2) is 0 Å². The Hall–Kier alpha value is -2.29. The Kier molecular flexibility index (Phi) is 4.18. The molecule has 0 aromatic heterocycles. The fourth-order valence-corrected chi connectivity index (χ4v) is 1.81. The Bertz CT molecular complexity index is 561. The number of carbonyl (C=O) groups is 1. The highest BCUT2D eigenvalue weighted by molar-refractivity contribution is 5.68. The molecule has 0 radical (unpaired) electrons. The predicted molar refractivity (Wildman–Crippen MR) is 74.3 cm³/mol. The number of benzene rings is 2. The van der Waals surface area contributed by atoms with E-state index in [0.29, 0.717) is 12.4 Å². The lowest BCUT2D eigenvalue weighted by Crippen LogP contribution is -2.10. The molecular formula is C16H16O3. The van der Waals surface area contributed by atoms with Gasteiger partial charge in [-0.05, 0) is 42.7 Å². The number of ether oxygens (including phenoxy) is 2. The Morgan fingerprint density at radius 3 is 2.42 bits per heavy atom. The van der Waals surface area contributed by atoms with Crippen LogP contribution in [0.2, 0.25) is 0 Å². The van der Waals surface area contributed by atoms with Crippen LogP contribution in [0.25, 0.3) is 11.1 Å². The van der Waals surface area contributed by atoms with Gasteiger partial charge in [0.2, 0.25) is 0 Å². The van der Waals surface area contributed by atoms with Gasteiger partial charge < -0.3 is 9.47 Å². The summed E-state index contributed by atoms with van der Waals surface area (Å²) in [6.45, 7) is 3.95. The minimum Gasteiger partial charge on any atom is -0.434 e. The van der Waals surface area contributed by atoms with Gasteiger partial charge >= 0.3 is 6.16 Å². The summed E-state index contributed by atoms with van der Waals surface area (Å²) >= 11 is 0. The average Bonchev–Trinajstić information content (AvgIpc) is 2.42. The molecule has 0 aliphatic carbocycles. The van der Waals surface area contributed by atoms with E-state index in [0.717, 1.165) is 16.7 Å². The Labute approximate surface area is 112 Å². The molecule has 0 unspecified atom stereocenters. The van der Waals surface area contributed by atoms with Crippen molar-refractivity contribution in [2.75, 3.05) is 6.61 Å². The molecule has 0 aliphatic rings. The molecule has 0 saturated carbocycles. The highest BCUT2D eigenvalue weighted by Crippen LogP contribution is 2.26. The topological polar surface area (TPSA) is 35.5 Å². The van der Waals surface area contributed by atoms with Crippen LogP contribution in [0.4, 0.5) is 4.79 Å². The fourth-order valence-electron chi connectivity index (χ4n) is 1.81. The molecule has 19 heavy (non-hydrogen) atoms. The Morgan fingerprint density at radius 2 is 1.79 bits per heavy atom. The van der Waals surface area contributed by atoms with Crippen molar-refractivity contribution in [2.45, 2.75) is 13.8 Å². The zero-order valence-corrected chi connectivity index (χ0v) is 11.1. The van der Waals surface area contributed by atoms with Crippen molar-refractivity contribution in [1.29, 1.82) is 0 Å². The van der Waals surface area contributed by atoms with Crippen molar-refractivity contribution >= 4 is 6.16 Å². The van der Waals surface area contributed by atoms with E-state index in [1.807, 2.05) is 49.4 Å². The van der Waals surface area contributed by atoms with Gasteiger partial charge in [-0.15, -0.1) is 0 Å². The van der Waals surface area contributed by atoms with E-state index < -0.39 is 6.16 Å². The lowest BCUT2D eigenvalue weighted by atomic mass is 10.0. The molecule has 2 aromatic rings. The summed E-state index contributed by atoms with van der Waals surface area (Å²) in [6, 6.07) is 15.8. The van der Waals surface area contributed by atoms with Crippen LogP contribution in [0.1, 0.15) is 12.5 Å². The summed E-state index contributed by atoms with van der Waals surface area (Å²) in [5.41, 5.74) is 3.12. The van der Waals surface area contributed by atoms with Crippen molar-refractivity contribution in [2.24, 2.45) is 0 Å². The SMILES string of the molecule is CCOC(=O)Oc1ccc(-c2ccccc2)cc1C. The molecule has 2 aromatic carbocycles. The highest BCUT2D eigenvalue weighted by Gasteiger charge is 2.08. The first kappa shape index (κ1) is 13.1. The van der Waals surface area contributed by atoms with E-state index in [-0.39, 0.29) is 0 Å². The molecule has 0 heterocycles. The summed E-state index contributed by atoms with van der Waals surface area (Å²) in [6.07, 6.45) is -0.668. The maximum Gasteiger partial charge on any atom is 0.513 e. The maximum atomic E-state index is 11.3. The standard InChI is InChI=1S/C16H16O3/c1-3-18-16(17)19-15-10-9-14(11-12(15)2)13-7-5-4-6-8-13/h4-11H,3H2,1-2H3. The summed E-state index contributed by atoms with van der Waals surface area (Å²) in [7, 11) is 0. The van der Waals surface area contributed by atoms with E-state index in [1.54, 1.807) is 13.0 Å². The first-order valence-corrected chi connectivity index (χ1v) is 6.21. The highest BCUT2D eigenvalue weighted by atomic mass is 16.7.